The molecule has 2 amide bonds. The van der Waals surface area contributed by atoms with Crippen LogP contribution in [0.25, 0.3) is 0 Å². The van der Waals surface area contributed by atoms with Crippen molar-refractivity contribution in [2.45, 2.75) is 13.0 Å². The van der Waals surface area contributed by atoms with Crippen LogP contribution >= 0.6 is 0 Å². The molecule has 1 aromatic heterocycles. The Bertz CT molecular complexity index is 933. The lowest BCUT2D eigenvalue weighted by atomic mass is 10.2. The van der Waals surface area contributed by atoms with Gasteiger partial charge in [-0.3, -0.25) is 4.98 Å². The van der Waals surface area contributed by atoms with E-state index in [-0.39, 0.29) is 12.1 Å². The lowest BCUT2D eigenvalue weighted by molar-refractivity contribution is 0.249. The fourth-order valence-corrected chi connectivity index (χ4v) is 2.41. The van der Waals surface area contributed by atoms with Crippen molar-refractivity contribution >= 4 is 11.7 Å². The van der Waals surface area contributed by atoms with Crippen molar-refractivity contribution in [2.24, 2.45) is 0 Å². The highest BCUT2D eigenvalue weighted by atomic mass is 16.5. The lowest BCUT2D eigenvalue weighted by Crippen LogP contribution is -2.31. The number of nitrogens with one attached hydrogen (secondary N) is 2. The molecule has 3 rings (SSSR count). The number of pyridine rings is 1. The van der Waals surface area contributed by atoms with E-state index in [1.54, 1.807) is 54.7 Å². The minimum atomic E-state index is -0.311. The first-order valence-electron chi connectivity index (χ1n) is 8.40. The summed E-state index contributed by atoms with van der Waals surface area (Å²) in [6.07, 6.45) is 1.69. The lowest BCUT2D eigenvalue weighted by Gasteiger charge is -2.14. The number of ether oxygens (including phenoxy) is 1. The second kappa shape index (κ2) is 8.50. The molecule has 2 aromatic carbocycles. The number of urea groups is 1. The van der Waals surface area contributed by atoms with Crippen LogP contribution in [0.1, 0.15) is 24.2 Å². The second-order valence-corrected chi connectivity index (χ2v) is 5.84. The Hall–Kier alpha value is -3.85. The van der Waals surface area contributed by atoms with E-state index in [0.717, 1.165) is 5.69 Å². The first-order chi connectivity index (χ1) is 13.1. The van der Waals surface area contributed by atoms with Gasteiger partial charge in [0.15, 0.2) is 0 Å². The minimum Gasteiger partial charge on any atom is -0.457 e. The number of hydrogen-bond donors (Lipinski definition) is 2. The Kier molecular flexibility index (Phi) is 5.65. The molecule has 6 heteroatoms. The molecule has 0 aliphatic rings. The fraction of sp³-hybridized carbons (Fsp3) is 0.0952. The summed E-state index contributed by atoms with van der Waals surface area (Å²) in [5.41, 5.74) is 2.01. The zero-order valence-corrected chi connectivity index (χ0v) is 14.7. The van der Waals surface area contributed by atoms with E-state index in [9.17, 15) is 4.79 Å². The maximum atomic E-state index is 12.1. The van der Waals surface area contributed by atoms with Crippen molar-refractivity contribution in [2.75, 3.05) is 5.32 Å². The van der Waals surface area contributed by atoms with Crippen LogP contribution in [-0.4, -0.2) is 11.0 Å². The Labute approximate surface area is 157 Å². The van der Waals surface area contributed by atoms with Crippen molar-refractivity contribution in [1.29, 1.82) is 5.26 Å². The van der Waals surface area contributed by atoms with Gasteiger partial charge in [0.05, 0.1) is 23.4 Å². The predicted octanol–water partition coefficient (Wildman–Crippen LogP) is 4.63. The monoisotopic (exact) mass is 358 g/mol. The van der Waals surface area contributed by atoms with E-state index in [1.165, 1.54) is 0 Å². The van der Waals surface area contributed by atoms with Crippen molar-refractivity contribution in [3.8, 4) is 17.6 Å². The molecule has 2 N–H and O–H groups in total. The summed E-state index contributed by atoms with van der Waals surface area (Å²) in [6, 6.07) is 21.0. The van der Waals surface area contributed by atoms with Crippen LogP contribution < -0.4 is 15.4 Å². The molecular weight excluding hydrogens is 340 g/mol. The molecule has 0 saturated carbocycles. The van der Waals surface area contributed by atoms with Crippen LogP contribution in [0.5, 0.6) is 11.5 Å². The van der Waals surface area contributed by atoms with Gasteiger partial charge in [0.1, 0.15) is 11.5 Å². The van der Waals surface area contributed by atoms with Gasteiger partial charge in [-0.15, -0.1) is 0 Å². The molecule has 1 atom stereocenters. The van der Waals surface area contributed by atoms with E-state index in [0.29, 0.717) is 22.7 Å². The highest BCUT2D eigenvalue weighted by molar-refractivity contribution is 5.89. The SMILES string of the molecule is CC(NC(=O)Nc1ccc(Oc2ccc(C#N)cc2)cc1)c1ccccn1. The van der Waals surface area contributed by atoms with Gasteiger partial charge in [-0.1, -0.05) is 6.07 Å². The topological polar surface area (TPSA) is 87.0 Å². The molecule has 1 unspecified atom stereocenters. The van der Waals surface area contributed by atoms with Crippen molar-refractivity contribution < 1.29 is 9.53 Å². The molecule has 0 aliphatic carbocycles. The molecule has 0 spiro atoms. The highest BCUT2D eigenvalue weighted by Crippen LogP contribution is 2.23. The van der Waals surface area contributed by atoms with E-state index >= 15 is 0 Å². The minimum absolute atomic E-state index is 0.204. The number of rotatable bonds is 5. The summed E-state index contributed by atoms with van der Waals surface area (Å²) in [4.78, 5) is 16.3. The number of carbonyl (C=O) groups is 1. The van der Waals surface area contributed by atoms with Gasteiger partial charge < -0.3 is 15.4 Å². The molecular formula is C21H18N4O2. The quantitative estimate of drug-likeness (QED) is 0.696. The summed E-state index contributed by atoms with van der Waals surface area (Å²) in [6.45, 7) is 1.87. The molecule has 0 radical (unpaired) electrons. The summed E-state index contributed by atoms with van der Waals surface area (Å²) < 4.78 is 5.71. The van der Waals surface area contributed by atoms with E-state index in [2.05, 4.69) is 21.7 Å². The zero-order chi connectivity index (χ0) is 19.1. The number of amides is 2. The van der Waals surface area contributed by atoms with Gasteiger partial charge in [0, 0.05) is 11.9 Å². The van der Waals surface area contributed by atoms with Gasteiger partial charge in [0.2, 0.25) is 0 Å². The Morgan fingerprint density at radius 2 is 1.70 bits per heavy atom. The maximum Gasteiger partial charge on any atom is 0.319 e. The average molecular weight is 358 g/mol. The van der Waals surface area contributed by atoms with Gasteiger partial charge in [0.25, 0.3) is 0 Å². The number of aromatic nitrogens is 1. The molecule has 1 heterocycles. The van der Waals surface area contributed by atoms with Gasteiger partial charge in [-0.2, -0.15) is 5.26 Å². The largest absolute Gasteiger partial charge is 0.457 e. The Balaban J connectivity index is 1.55. The first kappa shape index (κ1) is 18.0. The van der Waals surface area contributed by atoms with Crippen molar-refractivity contribution in [3.05, 3.63) is 84.2 Å². The van der Waals surface area contributed by atoms with Crippen LogP contribution in [0, 0.1) is 11.3 Å². The van der Waals surface area contributed by atoms with Crippen LogP contribution in [-0.2, 0) is 0 Å². The molecule has 0 saturated heterocycles. The second-order valence-electron chi connectivity index (χ2n) is 5.84. The smallest absolute Gasteiger partial charge is 0.319 e. The van der Waals surface area contributed by atoms with Crippen molar-refractivity contribution in [1.82, 2.24) is 10.3 Å². The van der Waals surface area contributed by atoms with Gasteiger partial charge in [-0.25, -0.2) is 4.79 Å². The fourth-order valence-electron chi connectivity index (χ4n) is 2.41. The van der Waals surface area contributed by atoms with Crippen LogP contribution in [0.2, 0.25) is 0 Å². The number of anilines is 1. The Morgan fingerprint density at radius 1 is 1.04 bits per heavy atom. The van der Waals surface area contributed by atoms with Crippen LogP contribution in [0.3, 0.4) is 0 Å². The number of carbonyl (C=O) groups excluding carboxylic acids is 1. The first-order valence-corrected chi connectivity index (χ1v) is 8.40. The molecule has 0 fully saturated rings. The molecule has 6 nitrogen and oxygen atoms in total. The maximum absolute atomic E-state index is 12.1. The summed E-state index contributed by atoms with van der Waals surface area (Å²) in [5, 5.41) is 14.4. The average Bonchev–Trinajstić information content (AvgIpc) is 2.70. The Morgan fingerprint density at radius 3 is 2.30 bits per heavy atom. The highest BCUT2D eigenvalue weighted by Gasteiger charge is 2.10. The third kappa shape index (κ3) is 5.06. The van der Waals surface area contributed by atoms with E-state index in [4.69, 9.17) is 10.00 Å². The molecule has 134 valence electrons. The van der Waals surface area contributed by atoms with Crippen molar-refractivity contribution in [3.63, 3.8) is 0 Å². The molecule has 3 aromatic rings. The predicted molar refractivity (Wildman–Crippen MR) is 102 cm³/mol. The zero-order valence-electron chi connectivity index (χ0n) is 14.7. The van der Waals surface area contributed by atoms with E-state index in [1.807, 2.05) is 25.1 Å². The van der Waals surface area contributed by atoms with Gasteiger partial charge >= 0.3 is 6.03 Å². The van der Waals surface area contributed by atoms with Gasteiger partial charge in [-0.05, 0) is 67.6 Å². The van der Waals surface area contributed by atoms with E-state index < -0.39 is 0 Å². The number of nitrogens with zero attached hydrogens (tertiary/aromatic N) is 2. The number of hydrogen-bond acceptors (Lipinski definition) is 4. The van der Waals surface area contributed by atoms with Crippen LogP contribution in [0.15, 0.2) is 72.9 Å². The normalized spacial score (nSPS) is 11.1. The summed E-state index contributed by atoms with van der Waals surface area (Å²) in [7, 11) is 0. The number of nitriles is 1. The third-order valence-electron chi connectivity index (χ3n) is 3.81. The molecule has 0 aliphatic heterocycles. The van der Waals surface area contributed by atoms with Crippen LogP contribution in [0.4, 0.5) is 10.5 Å². The third-order valence-corrected chi connectivity index (χ3v) is 3.81. The standard InChI is InChI=1S/C21H18N4O2/c1-15(20-4-2-3-13-23-20)24-21(26)25-17-7-11-19(12-8-17)27-18-9-5-16(14-22)6-10-18/h2-13,15H,1H3,(H2,24,25,26). The summed E-state index contributed by atoms with van der Waals surface area (Å²) >= 11 is 0. The molecule has 27 heavy (non-hydrogen) atoms. The number of benzene rings is 2. The summed E-state index contributed by atoms with van der Waals surface area (Å²) in [5.74, 6) is 1.27. The molecule has 0 bridgehead atoms.